The van der Waals surface area contributed by atoms with E-state index in [1.807, 2.05) is 38.1 Å². The average molecular weight is 290 g/mol. The normalized spacial score (nSPS) is 11.3. The summed E-state index contributed by atoms with van der Waals surface area (Å²) in [5, 5.41) is 0. The molecule has 2 aromatic carbocycles. The van der Waals surface area contributed by atoms with Gasteiger partial charge >= 0.3 is 0 Å². The van der Waals surface area contributed by atoms with E-state index in [-0.39, 0.29) is 11.9 Å². The quantitative estimate of drug-likeness (QED) is 0.845. The molecule has 4 heteroatoms. The number of rotatable bonds is 5. The lowest BCUT2D eigenvalue weighted by atomic mass is 10.1. The molecule has 0 aliphatic carbocycles. The van der Waals surface area contributed by atoms with Gasteiger partial charge in [0, 0.05) is 30.4 Å². The van der Waals surface area contributed by atoms with E-state index >= 15 is 0 Å². The Hall–Kier alpha value is -1.94. The van der Waals surface area contributed by atoms with Crippen LogP contribution in [0.25, 0.3) is 0 Å². The highest BCUT2D eigenvalue weighted by atomic mass is 19.1. The van der Waals surface area contributed by atoms with E-state index in [0.29, 0.717) is 24.3 Å². The number of hydrogen-bond donors (Lipinski definition) is 1. The third kappa shape index (κ3) is 4.02. The summed E-state index contributed by atoms with van der Waals surface area (Å²) in [7, 11) is 0. The number of halogens is 2. The molecule has 0 bridgehead atoms. The summed E-state index contributed by atoms with van der Waals surface area (Å²) in [6.45, 7) is 4.99. The van der Waals surface area contributed by atoms with Gasteiger partial charge in [0.25, 0.3) is 0 Å². The zero-order valence-electron chi connectivity index (χ0n) is 12.3. The molecule has 112 valence electrons. The standard InChI is InChI=1S/C17H20F2N2/c1-12(2)21(10-13-5-3-4-6-17(13)20)11-14-9-15(18)7-8-16(14)19/h3-9,12H,10-11,20H2,1-2H3. The monoisotopic (exact) mass is 290 g/mol. The van der Waals surface area contributed by atoms with Crippen LogP contribution in [0.4, 0.5) is 14.5 Å². The van der Waals surface area contributed by atoms with Crippen LogP contribution in [-0.4, -0.2) is 10.9 Å². The Balaban J connectivity index is 2.20. The number of benzene rings is 2. The van der Waals surface area contributed by atoms with Crippen molar-refractivity contribution in [1.29, 1.82) is 0 Å². The molecule has 0 atom stereocenters. The van der Waals surface area contributed by atoms with Crippen molar-refractivity contribution in [2.45, 2.75) is 33.0 Å². The van der Waals surface area contributed by atoms with E-state index < -0.39 is 5.82 Å². The topological polar surface area (TPSA) is 29.3 Å². The predicted molar refractivity (Wildman–Crippen MR) is 81.6 cm³/mol. The Morgan fingerprint density at radius 1 is 1.00 bits per heavy atom. The number of hydrogen-bond acceptors (Lipinski definition) is 2. The van der Waals surface area contributed by atoms with Crippen LogP contribution in [-0.2, 0) is 13.1 Å². The van der Waals surface area contributed by atoms with Crippen molar-refractivity contribution in [3.05, 3.63) is 65.2 Å². The van der Waals surface area contributed by atoms with Crippen molar-refractivity contribution in [3.8, 4) is 0 Å². The second-order valence-electron chi connectivity index (χ2n) is 5.43. The maximum absolute atomic E-state index is 13.8. The molecule has 2 rings (SSSR count). The first-order valence-electron chi connectivity index (χ1n) is 6.98. The van der Waals surface area contributed by atoms with Gasteiger partial charge in [-0.3, -0.25) is 4.90 Å². The van der Waals surface area contributed by atoms with Crippen LogP contribution in [0.3, 0.4) is 0 Å². The molecule has 0 heterocycles. The molecule has 0 fully saturated rings. The van der Waals surface area contributed by atoms with Crippen LogP contribution in [0, 0.1) is 11.6 Å². The van der Waals surface area contributed by atoms with Gasteiger partial charge in [-0.05, 0) is 43.7 Å². The minimum Gasteiger partial charge on any atom is -0.398 e. The molecule has 0 aromatic heterocycles. The minimum absolute atomic E-state index is 0.187. The molecule has 0 radical (unpaired) electrons. The molecular formula is C17H20F2N2. The van der Waals surface area contributed by atoms with Gasteiger partial charge in [0.2, 0.25) is 0 Å². The fourth-order valence-corrected chi connectivity index (χ4v) is 2.20. The lowest BCUT2D eigenvalue weighted by Crippen LogP contribution is -2.30. The van der Waals surface area contributed by atoms with E-state index in [4.69, 9.17) is 5.73 Å². The van der Waals surface area contributed by atoms with E-state index in [1.54, 1.807) is 0 Å². The van der Waals surface area contributed by atoms with Gasteiger partial charge in [0.1, 0.15) is 11.6 Å². The fraction of sp³-hybridized carbons (Fsp3) is 0.294. The number of para-hydroxylation sites is 1. The lowest BCUT2D eigenvalue weighted by molar-refractivity contribution is 0.201. The molecule has 0 aliphatic rings. The zero-order chi connectivity index (χ0) is 15.4. The maximum Gasteiger partial charge on any atom is 0.127 e. The van der Waals surface area contributed by atoms with Crippen LogP contribution >= 0.6 is 0 Å². The Morgan fingerprint density at radius 3 is 2.33 bits per heavy atom. The summed E-state index contributed by atoms with van der Waals surface area (Å²) >= 11 is 0. The van der Waals surface area contributed by atoms with Crippen LogP contribution in [0.2, 0.25) is 0 Å². The minimum atomic E-state index is -0.422. The van der Waals surface area contributed by atoms with Crippen LogP contribution in [0.5, 0.6) is 0 Å². The van der Waals surface area contributed by atoms with Gasteiger partial charge in [-0.25, -0.2) is 8.78 Å². The van der Waals surface area contributed by atoms with Crippen molar-refractivity contribution >= 4 is 5.69 Å². The predicted octanol–water partition coefficient (Wildman–Crippen LogP) is 3.96. The molecular weight excluding hydrogens is 270 g/mol. The lowest BCUT2D eigenvalue weighted by Gasteiger charge is -2.27. The summed E-state index contributed by atoms with van der Waals surface area (Å²) in [4.78, 5) is 2.06. The van der Waals surface area contributed by atoms with E-state index in [2.05, 4.69) is 4.90 Å². The Bertz CT molecular complexity index is 611. The summed E-state index contributed by atoms with van der Waals surface area (Å²) in [5.74, 6) is -0.808. The van der Waals surface area contributed by atoms with Gasteiger partial charge in [-0.2, -0.15) is 0 Å². The van der Waals surface area contributed by atoms with E-state index in [9.17, 15) is 8.78 Å². The highest BCUT2D eigenvalue weighted by Gasteiger charge is 2.15. The smallest absolute Gasteiger partial charge is 0.127 e. The Morgan fingerprint density at radius 2 is 1.67 bits per heavy atom. The molecule has 0 aliphatic heterocycles. The third-order valence-corrected chi connectivity index (χ3v) is 3.54. The first kappa shape index (κ1) is 15.4. The van der Waals surface area contributed by atoms with Gasteiger partial charge in [-0.1, -0.05) is 18.2 Å². The zero-order valence-corrected chi connectivity index (χ0v) is 12.3. The van der Waals surface area contributed by atoms with Gasteiger partial charge in [0.15, 0.2) is 0 Å². The summed E-state index contributed by atoms with van der Waals surface area (Å²) in [6, 6.07) is 11.3. The van der Waals surface area contributed by atoms with Gasteiger partial charge in [0.05, 0.1) is 0 Å². The van der Waals surface area contributed by atoms with Crippen LogP contribution in [0.15, 0.2) is 42.5 Å². The summed E-state index contributed by atoms with van der Waals surface area (Å²) in [5.41, 5.74) is 8.01. The third-order valence-electron chi connectivity index (χ3n) is 3.54. The van der Waals surface area contributed by atoms with Crippen molar-refractivity contribution in [3.63, 3.8) is 0 Å². The molecule has 2 nitrogen and oxygen atoms in total. The highest BCUT2D eigenvalue weighted by molar-refractivity contribution is 5.46. The van der Waals surface area contributed by atoms with Crippen LogP contribution in [0.1, 0.15) is 25.0 Å². The summed E-state index contributed by atoms with van der Waals surface area (Å²) in [6.07, 6.45) is 0. The van der Waals surface area contributed by atoms with E-state index in [0.717, 1.165) is 11.6 Å². The molecule has 0 saturated heterocycles. The average Bonchev–Trinajstić information content (AvgIpc) is 2.44. The number of nitrogens with zero attached hydrogens (tertiary/aromatic N) is 1. The Kier molecular flexibility index (Phi) is 4.91. The number of anilines is 1. The Labute approximate surface area is 124 Å². The molecule has 0 spiro atoms. The summed E-state index contributed by atoms with van der Waals surface area (Å²) < 4.78 is 27.1. The van der Waals surface area contributed by atoms with Crippen molar-refractivity contribution in [2.75, 3.05) is 5.73 Å². The molecule has 2 N–H and O–H groups in total. The second kappa shape index (κ2) is 6.68. The first-order valence-corrected chi connectivity index (χ1v) is 6.98. The first-order chi connectivity index (χ1) is 9.97. The molecule has 0 unspecified atom stereocenters. The van der Waals surface area contributed by atoms with Crippen molar-refractivity contribution in [1.82, 2.24) is 4.90 Å². The van der Waals surface area contributed by atoms with Crippen molar-refractivity contribution in [2.24, 2.45) is 0 Å². The van der Waals surface area contributed by atoms with Crippen molar-refractivity contribution < 1.29 is 8.78 Å². The molecule has 0 amide bonds. The fourth-order valence-electron chi connectivity index (χ4n) is 2.20. The van der Waals surface area contributed by atoms with Gasteiger partial charge < -0.3 is 5.73 Å². The second-order valence-corrected chi connectivity index (χ2v) is 5.43. The largest absolute Gasteiger partial charge is 0.398 e. The highest BCUT2D eigenvalue weighted by Crippen LogP contribution is 2.19. The maximum atomic E-state index is 13.8. The molecule has 2 aromatic rings. The molecule has 0 saturated carbocycles. The number of nitrogens with two attached hydrogens (primary N) is 1. The van der Waals surface area contributed by atoms with E-state index in [1.165, 1.54) is 12.1 Å². The van der Waals surface area contributed by atoms with Crippen LogP contribution < -0.4 is 5.73 Å². The number of nitrogen functional groups attached to an aromatic ring is 1. The van der Waals surface area contributed by atoms with Gasteiger partial charge in [-0.15, -0.1) is 0 Å². The SMILES string of the molecule is CC(C)N(Cc1ccccc1N)Cc1cc(F)ccc1F. The molecule has 21 heavy (non-hydrogen) atoms.